The second kappa shape index (κ2) is 13.2. The Kier molecular flexibility index (Phi) is 9.42. The monoisotopic (exact) mass is 579 g/mol. The van der Waals surface area contributed by atoms with Gasteiger partial charge in [-0.05, 0) is 68.6 Å². The van der Waals surface area contributed by atoms with Crippen LogP contribution in [-0.4, -0.2) is 61.0 Å². The molecule has 5 rings (SSSR count). The van der Waals surface area contributed by atoms with Gasteiger partial charge in [0.2, 0.25) is 10.0 Å². The van der Waals surface area contributed by atoms with Crippen molar-refractivity contribution in [2.24, 2.45) is 0 Å². The SMILES string of the molecule is CNS(=O)(=O)C1CC(Oc2ccc(-c3ccc(C#C[C@@H](CO)n4ccnc4[C@H](C)OC4CCCCO4)cc3)cc2)C1. The molecular weight excluding hydrogens is 542 g/mol. The van der Waals surface area contributed by atoms with Gasteiger partial charge in [0, 0.05) is 37.4 Å². The van der Waals surface area contributed by atoms with E-state index in [1.807, 2.05) is 66.2 Å². The smallest absolute Gasteiger partial charge is 0.214 e. The first-order chi connectivity index (χ1) is 19.9. The Balaban J connectivity index is 1.18. The maximum absolute atomic E-state index is 11.8. The van der Waals surface area contributed by atoms with Gasteiger partial charge < -0.3 is 23.9 Å². The van der Waals surface area contributed by atoms with Crippen LogP contribution in [0.4, 0.5) is 0 Å². The van der Waals surface area contributed by atoms with Gasteiger partial charge in [-0.2, -0.15) is 0 Å². The summed E-state index contributed by atoms with van der Waals surface area (Å²) in [7, 11) is -1.79. The number of imidazole rings is 1. The number of rotatable bonds is 10. The molecule has 10 heteroatoms. The third kappa shape index (κ3) is 7.18. The zero-order valence-corrected chi connectivity index (χ0v) is 24.2. The number of hydrogen-bond donors (Lipinski definition) is 2. The van der Waals surface area contributed by atoms with Gasteiger partial charge in [-0.15, -0.1) is 0 Å². The average Bonchev–Trinajstić information content (AvgIpc) is 3.46. The summed E-state index contributed by atoms with van der Waals surface area (Å²) >= 11 is 0. The molecule has 9 nitrogen and oxygen atoms in total. The summed E-state index contributed by atoms with van der Waals surface area (Å²) in [5.74, 6) is 7.79. The number of aliphatic hydroxyl groups is 1. The van der Waals surface area contributed by atoms with E-state index in [2.05, 4.69) is 21.5 Å². The first-order valence-electron chi connectivity index (χ1n) is 14.1. The average molecular weight is 580 g/mol. The number of aromatic nitrogens is 2. The maximum atomic E-state index is 11.8. The van der Waals surface area contributed by atoms with Crippen LogP contribution in [0.5, 0.6) is 5.75 Å². The van der Waals surface area contributed by atoms with Crippen molar-refractivity contribution in [3.8, 4) is 28.7 Å². The van der Waals surface area contributed by atoms with Crippen molar-refractivity contribution in [2.75, 3.05) is 20.3 Å². The molecule has 2 aromatic carbocycles. The zero-order chi connectivity index (χ0) is 28.8. The zero-order valence-electron chi connectivity index (χ0n) is 23.4. The predicted octanol–water partition coefficient (Wildman–Crippen LogP) is 4.20. The Morgan fingerprint density at radius 3 is 2.46 bits per heavy atom. The van der Waals surface area contributed by atoms with Crippen LogP contribution in [0.25, 0.3) is 11.1 Å². The summed E-state index contributed by atoms with van der Waals surface area (Å²) < 4.78 is 45.7. The van der Waals surface area contributed by atoms with E-state index in [9.17, 15) is 13.5 Å². The van der Waals surface area contributed by atoms with Gasteiger partial charge in [-0.1, -0.05) is 36.1 Å². The molecule has 2 heterocycles. The molecule has 1 unspecified atom stereocenters. The lowest BCUT2D eigenvalue weighted by molar-refractivity contribution is -0.188. The van der Waals surface area contributed by atoms with E-state index < -0.39 is 16.1 Å². The van der Waals surface area contributed by atoms with Crippen LogP contribution < -0.4 is 9.46 Å². The minimum absolute atomic E-state index is 0.0883. The molecule has 1 aromatic heterocycles. The second-order valence-corrected chi connectivity index (χ2v) is 12.6. The molecule has 1 aliphatic heterocycles. The molecule has 2 aliphatic rings. The van der Waals surface area contributed by atoms with E-state index in [0.717, 1.165) is 41.7 Å². The van der Waals surface area contributed by atoms with Crippen LogP contribution in [0.1, 0.15) is 62.6 Å². The molecule has 1 saturated carbocycles. The Hall–Kier alpha value is -3.20. The van der Waals surface area contributed by atoms with Crippen LogP contribution in [0, 0.1) is 11.8 Å². The number of ether oxygens (including phenoxy) is 3. The number of nitrogens with one attached hydrogen (secondary N) is 1. The fourth-order valence-electron chi connectivity index (χ4n) is 5.08. The van der Waals surface area contributed by atoms with Gasteiger partial charge in [0.15, 0.2) is 6.29 Å². The molecule has 0 bridgehead atoms. The van der Waals surface area contributed by atoms with Crippen molar-refractivity contribution in [3.05, 3.63) is 72.3 Å². The quantitative estimate of drug-likeness (QED) is 0.346. The largest absolute Gasteiger partial charge is 0.490 e. The molecule has 1 aliphatic carbocycles. The number of benzene rings is 2. The molecule has 41 heavy (non-hydrogen) atoms. The first kappa shape index (κ1) is 29.3. The minimum atomic E-state index is -3.23. The first-order valence-corrected chi connectivity index (χ1v) is 15.6. The third-order valence-electron chi connectivity index (χ3n) is 7.60. The Labute approximate surface area is 241 Å². The minimum Gasteiger partial charge on any atom is -0.490 e. The standard InChI is InChI=1S/C31H37N3O6S/c1-22(39-30-5-3-4-18-38-30)31-33-16-17-34(31)26(21-35)13-8-23-6-9-24(10-7-23)25-11-14-27(15-12-25)40-28-19-29(20-28)41(36,37)32-2/h6-7,9-12,14-17,22,26,28-30,32,35H,3-5,18-21H2,1-2H3/t22-,26-,28?,29?,30?/m0/s1. The lowest BCUT2D eigenvalue weighted by atomic mass is 9.95. The van der Waals surface area contributed by atoms with E-state index in [0.29, 0.717) is 25.3 Å². The number of nitrogens with zero attached hydrogens (tertiary/aromatic N) is 2. The van der Waals surface area contributed by atoms with Gasteiger partial charge >= 0.3 is 0 Å². The van der Waals surface area contributed by atoms with E-state index in [4.69, 9.17) is 14.2 Å². The highest BCUT2D eigenvalue weighted by molar-refractivity contribution is 7.90. The second-order valence-electron chi connectivity index (χ2n) is 10.4. The Morgan fingerprint density at radius 2 is 1.83 bits per heavy atom. The van der Waals surface area contributed by atoms with Gasteiger partial charge in [-0.3, -0.25) is 0 Å². The van der Waals surface area contributed by atoms with Crippen molar-refractivity contribution in [1.29, 1.82) is 0 Å². The predicted molar refractivity (Wildman–Crippen MR) is 156 cm³/mol. The normalized spacial score (nSPS) is 22.2. The van der Waals surface area contributed by atoms with Crippen LogP contribution in [0.3, 0.4) is 0 Å². The molecule has 0 radical (unpaired) electrons. The molecule has 2 fully saturated rings. The van der Waals surface area contributed by atoms with Crippen molar-refractivity contribution in [2.45, 2.75) is 68.8 Å². The fourth-order valence-corrected chi connectivity index (χ4v) is 6.35. The summed E-state index contributed by atoms with van der Waals surface area (Å²) in [6.07, 6.45) is 6.91. The third-order valence-corrected chi connectivity index (χ3v) is 9.43. The van der Waals surface area contributed by atoms with Crippen molar-refractivity contribution in [3.63, 3.8) is 0 Å². The molecule has 0 spiro atoms. The molecule has 2 N–H and O–H groups in total. The van der Waals surface area contributed by atoms with Crippen LogP contribution in [0.2, 0.25) is 0 Å². The van der Waals surface area contributed by atoms with Crippen molar-refractivity contribution < 1.29 is 27.7 Å². The molecule has 218 valence electrons. The van der Waals surface area contributed by atoms with Gasteiger partial charge in [0.05, 0.1) is 11.9 Å². The molecule has 0 amide bonds. The topological polar surface area (TPSA) is 112 Å². The lowest BCUT2D eigenvalue weighted by Crippen LogP contribution is -2.46. The maximum Gasteiger partial charge on any atom is 0.214 e. The van der Waals surface area contributed by atoms with Crippen molar-refractivity contribution in [1.82, 2.24) is 14.3 Å². The summed E-state index contributed by atoms with van der Waals surface area (Å²) in [5.41, 5.74) is 2.91. The molecular formula is C31H37N3O6S. The van der Waals surface area contributed by atoms with E-state index in [1.165, 1.54) is 7.05 Å². The fraction of sp³-hybridized carbons (Fsp3) is 0.452. The molecule has 3 aromatic rings. The summed E-state index contributed by atoms with van der Waals surface area (Å²) in [6.45, 7) is 2.50. The van der Waals surface area contributed by atoms with E-state index in [-0.39, 0.29) is 30.4 Å². The van der Waals surface area contributed by atoms with E-state index >= 15 is 0 Å². The number of aliphatic hydroxyl groups excluding tert-OH is 1. The highest BCUT2D eigenvalue weighted by atomic mass is 32.2. The number of sulfonamides is 1. The summed E-state index contributed by atoms with van der Waals surface area (Å²) in [4.78, 5) is 4.46. The highest BCUT2D eigenvalue weighted by Crippen LogP contribution is 2.31. The van der Waals surface area contributed by atoms with Crippen LogP contribution in [0.15, 0.2) is 60.9 Å². The van der Waals surface area contributed by atoms with Gasteiger partial charge in [-0.25, -0.2) is 18.1 Å². The Bertz CT molecular complexity index is 1450. The van der Waals surface area contributed by atoms with E-state index in [1.54, 1.807) is 6.20 Å². The van der Waals surface area contributed by atoms with Gasteiger partial charge in [0.1, 0.15) is 29.8 Å². The Morgan fingerprint density at radius 1 is 1.12 bits per heavy atom. The summed E-state index contributed by atoms with van der Waals surface area (Å²) in [5, 5.41) is 9.71. The summed E-state index contributed by atoms with van der Waals surface area (Å²) in [6, 6.07) is 15.3. The highest BCUT2D eigenvalue weighted by Gasteiger charge is 2.39. The lowest BCUT2D eigenvalue weighted by Gasteiger charge is -2.34. The van der Waals surface area contributed by atoms with Crippen LogP contribution in [-0.2, 0) is 19.5 Å². The number of hydrogen-bond acceptors (Lipinski definition) is 7. The van der Waals surface area contributed by atoms with Crippen molar-refractivity contribution >= 4 is 10.0 Å². The van der Waals surface area contributed by atoms with Crippen LogP contribution >= 0.6 is 0 Å². The molecule has 3 atom stereocenters. The van der Waals surface area contributed by atoms with Gasteiger partial charge in [0.25, 0.3) is 0 Å². The molecule has 1 saturated heterocycles.